The summed E-state index contributed by atoms with van der Waals surface area (Å²) < 4.78 is 19.5. The molecule has 0 aromatic carbocycles. The molecule has 0 unspecified atom stereocenters. The van der Waals surface area contributed by atoms with Crippen molar-refractivity contribution in [3.63, 3.8) is 0 Å². The van der Waals surface area contributed by atoms with E-state index in [0.29, 0.717) is 35.2 Å². The van der Waals surface area contributed by atoms with E-state index in [1.165, 1.54) is 32.1 Å². The number of carbonyl (C=O) groups excluding carboxylic acids is 1. The van der Waals surface area contributed by atoms with Gasteiger partial charge < -0.3 is 19.1 Å². The molecule has 1 amide bonds. The maximum Gasteiger partial charge on any atom is 0.409 e. The van der Waals surface area contributed by atoms with Gasteiger partial charge in [-0.2, -0.15) is 0 Å². The van der Waals surface area contributed by atoms with Gasteiger partial charge in [-0.05, 0) is 91.3 Å². The van der Waals surface area contributed by atoms with Crippen molar-refractivity contribution >= 4 is 6.09 Å². The fraction of sp³-hybridized carbons (Fsp3) is 0.909. The molecule has 5 heteroatoms. The van der Waals surface area contributed by atoms with Crippen molar-refractivity contribution in [1.29, 1.82) is 0 Å². The van der Waals surface area contributed by atoms with E-state index in [-0.39, 0.29) is 23.4 Å². The molecule has 6 aliphatic rings. The van der Waals surface area contributed by atoms with Crippen LogP contribution < -0.4 is 0 Å². The summed E-state index contributed by atoms with van der Waals surface area (Å²) in [6.45, 7) is 15.8. The number of hydrogen-bond acceptors (Lipinski definition) is 4. The zero-order valence-electron chi connectivity index (χ0n) is 25.1. The Morgan fingerprint density at radius 3 is 2.63 bits per heavy atom. The average Bonchev–Trinajstić information content (AvgIpc) is 3.31. The Morgan fingerprint density at radius 1 is 1.13 bits per heavy atom. The van der Waals surface area contributed by atoms with Crippen molar-refractivity contribution < 1.29 is 19.0 Å². The number of fused-ring (bicyclic) bond motifs is 7. The van der Waals surface area contributed by atoms with Gasteiger partial charge in [-0.1, -0.05) is 53.2 Å². The maximum atomic E-state index is 12.7. The second-order valence-electron chi connectivity index (χ2n) is 15.3. The van der Waals surface area contributed by atoms with E-state index >= 15 is 0 Å². The van der Waals surface area contributed by atoms with Crippen molar-refractivity contribution in [2.75, 3.05) is 20.2 Å². The lowest BCUT2D eigenvalue weighted by atomic mass is 9.47. The van der Waals surface area contributed by atoms with Gasteiger partial charge >= 0.3 is 6.09 Å². The molecule has 2 aliphatic heterocycles. The van der Waals surface area contributed by atoms with Gasteiger partial charge in [0.25, 0.3) is 0 Å². The molecular formula is C33H53NO4. The summed E-state index contributed by atoms with van der Waals surface area (Å²) in [5, 5.41) is 0. The Kier molecular flexibility index (Phi) is 6.78. The van der Waals surface area contributed by atoms with Gasteiger partial charge in [0.2, 0.25) is 0 Å². The average molecular weight is 528 g/mol. The number of nitrogens with zero attached hydrogens (tertiary/aromatic N) is 1. The minimum Gasteiger partial charge on any atom is -0.446 e. The summed E-state index contributed by atoms with van der Waals surface area (Å²) in [6, 6.07) is 0. The molecule has 11 atom stereocenters. The Hall–Kier alpha value is -1.07. The highest BCUT2D eigenvalue weighted by atomic mass is 16.7. The molecule has 6 rings (SSSR count). The lowest BCUT2D eigenvalue weighted by Crippen LogP contribution is -2.52. The van der Waals surface area contributed by atoms with Gasteiger partial charge in [0.1, 0.15) is 6.10 Å². The van der Waals surface area contributed by atoms with E-state index in [4.69, 9.17) is 14.2 Å². The molecule has 2 saturated heterocycles. The molecule has 4 aliphatic carbocycles. The number of hydrogen-bond donors (Lipinski definition) is 0. The second kappa shape index (κ2) is 9.50. The Balaban J connectivity index is 1.16. The highest BCUT2D eigenvalue weighted by Crippen LogP contribution is 2.70. The van der Waals surface area contributed by atoms with Crippen molar-refractivity contribution in [2.45, 2.75) is 117 Å². The third-order valence-electron chi connectivity index (χ3n) is 12.5. The number of allylic oxidation sites excluding steroid dienone is 1. The Bertz CT molecular complexity index is 953. The molecule has 5 nitrogen and oxygen atoms in total. The van der Waals surface area contributed by atoms with Crippen LogP contribution in [0.5, 0.6) is 0 Å². The van der Waals surface area contributed by atoms with Crippen LogP contribution in [0.25, 0.3) is 0 Å². The molecule has 0 aromatic rings. The van der Waals surface area contributed by atoms with Gasteiger partial charge in [0.05, 0.1) is 12.7 Å². The first-order valence-corrected chi connectivity index (χ1v) is 15.9. The van der Waals surface area contributed by atoms with Crippen LogP contribution in [0, 0.1) is 52.3 Å². The maximum absolute atomic E-state index is 12.7. The predicted octanol–water partition coefficient (Wildman–Crippen LogP) is 7.45. The monoisotopic (exact) mass is 527 g/mol. The highest BCUT2D eigenvalue weighted by molar-refractivity contribution is 5.67. The first kappa shape index (κ1) is 27.1. The fourth-order valence-electron chi connectivity index (χ4n) is 10.6. The standard InChI is InChI=1S/C33H53NO4/c1-20(2)18-34(7)30(35)37-24-11-13-31(5)23(16-24)8-9-25-26(31)12-14-32(6)27(25)17-28-29(32)22(4)33(38-28)15-10-21(3)19-36-33/h8,20-22,24-29H,9-19H2,1-7H3/t21-,22+,24+,25-,26+,27+,28+,29+,31+,32+,33-/m1/s1. The first-order chi connectivity index (χ1) is 18.0. The van der Waals surface area contributed by atoms with E-state index in [2.05, 4.69) is 47.6 Å². The van der Waals surface area contributed by atoms with Crippen LogP contribution >= 0.6 is 0 Å². The summed E-state index contributed by atoms with van der Waals surface area (Å²) in [7, 11) is 1.86. The Morgan fingerprint density at radius 2 is 1.92 bits per heavy atom. The molecular weight excluding hydrogens is 474 g/mol. The fourth-order valence-corrected chi connectivity index (χ4v) is 10.6. The highest BCUT2D eigenvalue weighted by Gasteiger charge is 2.68. The summed E-state index contributed by atoms with van der Waals surface area (Å²) >= 11 is 0. The van der Waals surface area contributed by atoms with Crippen LogP contribution in [0.4, 0.5) is 4.79 Å². The van der Waals surface area contributed by atoms with E-state index in [1.807, 2.05) is 7.05 Å². The van der Waals surface area contributed by atoms with Crippen molar-refractivity contribution in [2.24, 2.45) is 52.3 Å². The van der Waals surface area contributed by atoms with Crippen LogP contribution in [0.1, 0.15) is 99.3 Å². The van der Waals surface area contributed by atoms with Crippen LogP contribution in [-0.2, 0) is 14.2 Å². The predicted molar refractivity (Wildman–Crippen MR) is 149 cm³/mol. The molecule has 0 N–H and O–H groups in total. The third-order valence-corrected chi connectivity index (χ3v) is 12.5. The van der Waals surface area contributed by atoms with E-state index < -0.39 is 0 Å². The molecule has 3 saturated carbocycles. The summed E-state index contributed by atoms with van der Waals surface area (Å²) in [6.07, 6.45) is 13.2. The minimum absolute atomic E-state index is 0.0244. The number of ether oxygens (including phenoxy) is 3. The summed E-state index contributed by atoms with van der Waals surface area (Å²) in [5.41, 5.74) is 2.19. The quantitative estimate of drug-likeness (QED) is 0.358. The lowest BCUT2D eigenvalue weighted by molar-refractivity contribution is -0.272. The lowest BCUT2D eigenvalue weighted by Gasteiger charge is -2.58. The largest absolute Gasteiger partial charge is 0.446 e. The van der Waals surface area contributed by atoms with Crippen LogP contribution in [0.15, 0.2) is 11.6 Å². The van der Waals surface area contributed by atoms with Gasteiger partial charge in [0, 0.05) is 32.4 Å². The van der Waals surface area contributed by atoms with Crippen molar-refractivity contribution in [1.82, 2.24) is 4.90 Å². The summed E-state index contributed by atoms with van der Waals surface area (Å²) in [4.78, 5) is 14.4. The zero-order chi connectivity index (χ0) is 27.0. The Labute approximate surface area is 231 Å². The van der Waals surface area contributed by atoms with Crippen molar-refractivity contribution in [3.8, 4) is 0 Å². The van der Waals surface area contributed by atoms with Gasteiger partial charge in [0.15, 0.2) is 5.79 Å². The van der Waals surface area contributed by atoms with E-state index in [1.54, 1.807) is 10.5 Å². The molecule has 0 radical (unpaired) electrons. The van der Waals surface area contributed by atoms with Gasteiger partial charge in [-0.3, -0.25) is 0 Å². The summed E-state index contributed by atoms with van der Waals surface area (Å²) in [5.74, 6) is 4.13. The van der Waals surface area contributed by atoms with Crippen LogP contribution in [-0.4, -0.2) is 49.2 Å². The molecule has 0 bridgehead atoms. The van der Waals surface area contributed by atoms with E-state index in [0.717, 1.165) is 56.6 Å². The van der Waals surface area contributed by atoms with Crippen LogP contribution in [0.2, 0.25) is 0 Å². The van der Waals surface area contributed by atoms with E-state index in [9.17, 15) is 4.79 Å². The van der Waals surface area contributed by atoms with Gasteiger partial charge in [-0.25, -0.2) is 4.79 Å². The van der Waals surface area contributed by atoms with Crippen molar-refractivity contribution in [3.05, 3.63) is 11.6 Å². The molecule has 214 valence electrons. The molecule has 2 heterocycles. The topological polar surface area (TPSA) is 48.0 Å². The minimum atomic E-state index is -0.322. The first-order valence-electron chi connectivity index (χ1n) is 15.9. The zero-order valence-corrected chi connectivity index (χ0v) is 25.1. The number of rotatable bonds is 3. The van der Waals surface area contributed by atoms with Crippen LogP contribution in [0.3, 0.4) is 0 Å². The number of carbonyl (C=O) groups is 1. The molecule has 38 heavy (non-hydrogen) atoms. The third kappa shape index (κ3) is 4.11. The van der Waals surface area contributed by atoms with Gasteiger partial charge in [-0.15, -0.1) is 0 Å². The molecule has 0 aromatic heterocycles. The smallest absolute Gasteiger partial charge is 0.409 e. The second-order valence-corrected chi connectivity index (χ2v) is 15.3. The SMILES string of the molecule is CC(C)CN(C)C(=O)O[C@H]1CC[C@@]2(C)C(=CC[C@H]3[C@@H]4C[C@@H]5O[C@]6(CC[C@@H](C)CO6)[C@@H](C)[C@@H]5[C@@]4(C)CC[C@@H]32)C1. The number of amides is 1. The normalized spacial score (nSPS) is 49.6. The molecule has 1 spiro atoms. The molecule has 5 fully saturated rings.